The topological polar surface area (TPSA) is 110 Å². The molecule has 0 spiro atoms. The zero-order chi connectivity index (χ0) is 20.1. The van der Waals surface area contributed by atoms with Crippen LogP contribution in [-0.4, -0.2) is 22.4 Å². The molecule has 7 nitrogen and oxygen atoms in total. The summed E-state index contributed by atoms with van der Waals surface area (Å²) in [6, 6.07) is 7.52. The number of hydrogen-bond acceptors (Lipinski definition) is 6. The number of nitrogens with two attached hydrogens (primary N) is 1. The summed E-state index contributed by atoms with van der Waals surface area (Å²) in [6.45, 7) is 6.63. The molecular weight excluding hydrogens is 356 g/mol. The molecule has 0 bridgehead atoms. The van der Waals surface area contributed by atoms with Gasteiger partial charge in [-0.25, -0.2) is 0 Å². The number of nitrogens with one attached hydrogen (secondary N) is 2. The number of H-pyrrole nitrogens is 1. The van der Waals surface area contributed by atoms with Crippen molar-refractivity contribution in [1.82, 2.24) is 9.97 Å². The Morgan fingerprint density at radius 1 is 1.21 bits per heavy atom. The number of carbonyl (C=O) groups is 1. The number of aromatic nitrogens is 2. The van der Waals surface area contributed by atoms with Gasteiger partial charge in [0.15, 0.2) is 5.78 Å². The van der Waals surface area contributed by atoms with E-state index in [-0.39, 0.29) is 22.7 Å². The second kappa shape index (κ2) is 6.51. The molecule has 0 unspecified atom stereocenters. The van der Waals surface area contributed by atoms with Crippen molar-refractivity contribution in [2.75, 3.05) is 17.7 Å². The van der Waals surface area contributed by atoms with Crippen molar-refractivity contribution in [2.45, 2.75) is 39.5 Å². The molecule has 2 aromatic rings. The summed E-state index contributed by atoms with van der Waals surface area (Å²) in [5.74, 6) is 0.786. The Morgan fingerprint density at radius 3 is 2.61 bits per heavy atom. The molecule has 1 aliphatic carbocycles. The van der Waals surface area contributed by atoms with Gasteiger partial charge in [0.25, 0.3) is 5.56 Å². The molecule has 0 saturated carbocycles. The quantitative estimate of drug-likeness (QED) is 0.755. The molecule has 0 radical (unpaired) electrons. The average molecular weight is 380 g/mol. The van der Waals surface area contributed by atoms with Gasteiger partial charge in [0.05, 0.1) is 12.2 Å². The maximum atomic E-state index is 13.1. The molecule has 2 heterocycles. The molecule has 4 N–H and O–H groups in total. The summed E-state index contributed by atoms with van der Waals surface area (Å²) in [7, 11) is 0. The zero-order valence-corrected chi connectivity index (χ0v) is 16.3. The van der Waals surface area contributed by atoms with E-state index in [4.69, 9.17) is 10.5 Å². The van der Waals surface area contributed by atoms with Gasteiger partial charge >= 0.3 is 0 Å². The van der Waals surface area contributed by atoms with E-state index >= 15 is 0 Å². The van der Waals surface area contributed by atoms with Crippen LogP contribution in [0.4, 0.5) is 11.8 Å². The highest BCUT2D eigenvalue weighted by molar-refractivity contribution is 6.01. The molecule has 1 aromatic carbocycles. The Bertz CT molecular complexity index is 1030. The van der Waals surface area contributed by atoms with Crippen LogP contribution in [-0.2, 0) is 4.79 Å². The Balaban J connectivity index is 1.91. The molecule has 7 heteroatoms. The van der Waals surface area contributed by atoms with E-state index < -0.39 is 5.92 Å². The van der Waals surface area contributed by atoms with Crippen molar-refractivity contribution in [3.63, 3.8) is 0 Å². The maximum absolute atomic E-state index is 13.1. The van der Waals surface area contributed by atoms with Crippen LogP contribution in [0, 0.1) is 5.41 Å². The lowest BCUT2D eigenvalue weighted by molar-refractivity contribution is -0.118. The number of nitrogens with zero attached hydrogens (tertiary/aromatic N) is 1. The number of rotatable bonds is 3. The molecule has 1 aromatic heterocycles. The first-order chi connectivity index (χ1) is 13.3. The van der Waals surface area contributed by atoms with Crippen molar-refractivity contribution in [3.05, 3.63) is 57.0 Å². The third-order valence-electron chi connectivity index (χ3n) is 5.26. The summed E-state index contributed by atoms with van der Waals surface area (Å²) < 4.78 is 5.52. The molecule has 4 rings (SSSR count). The molecule has 0 amide bonds. The highest BCUT2D eigenvalue weighted by Gasteiger charge is 2.42. The Hall–Kier alpha value is -3.09. The fraction of sp³-hybridized carbons (Fsp3) is 0.381. The molecule has 2 aliphatic rings. The average Bonchev–Trinajstić information content (AvgIpc) is 2.59. The maximum Gasteiger partial charge on any atom is 0.258 e. The fourth-order valence-electron chi connectivity index (χ4n) is 4.19. The molecule has 146 valence electrons. The van der Waals surface area contributed by atoms with Gasteiger partial charge in [-0.2, -0.15) is 4.98 Å². The number of hydrogen-bond donors (Lipinski definition) is 3. The van der Waals surface area contributed by atoms with E-state index in [9.17, 15) is 9.59 Å². The second-order valence-electron chi connectivity index (χ2n) is 8.11. The first-order valence-electron chi connectivity index (χ1n) is 9.45. The number of ether oxygens (including phenoxy) is 1. The lowest BCUT2D eigenvalue weighted by Gasteiger charge is -2.38. The van der Waals surface area contributed by atoms with Gasteiger partial charge in [0.2, 0.25) is 5.95 Å². The second-order valence-corrected chi connectivity index (χ2v) is 8.11. The summed E-state index contributed by atoms with van der Waals surface area (Å²) in [4.78, 5) is 32.7. The number of aromatic amines is 1. The fourth-order valence-corrected chi connectivity index (χ4v) is 4.19. The number of nitrogen functional groups attached to an aromatic ring is 1. The Morgan fingerprint density at radius 2 is 1.93 bits per heavy atom. The Labute approximate surface area is 163 Å². The van der Waals surface area contributed by atoms with Crippen molar-refractivity contribution >= 4 is 17.5 Å². The number of anilines is 2. The van der Waals surface area contributed by atoms with Gasteiger partial charge in [-0.1, -0.05) is 26.0 Å². The Kier molecular flexibility index (Phi) is 4.25. The van der Waals surface area contributed by atoms with E-state index in [0.717, 1.165) is 17.0 Å². The number of ketones is 1. The first kappa shape index (κ1) is 18.3. The van der Waals surface area contributed by atoms with Crippen molar-refractivity contribution in [3.8, 4) is 5.75 Å². The van der Waals surface area contributed by atoms with E-state index in [1.807, 2.05) is 31.2 Å². The van der Waals surface area contributed by atoms with Gasteiger partial charge in [-0.15, -0.1) is 0 Å². The predicted octanol–water partition coefficient (Wildman–Crippen LogP) is 2.95. The van der Waals surface area contributed by atoms with Gasteiger partial charge < -0.3 is 15.8 Å². The summed E-state index contributed by atoms with van der Waals surface area (Å²) in [6.07, 6.45) is 1.14. The van der Waals surface area contributed by atoms with Crippen LogP contribution < -0.4 is 21.3 Å². The SMILES string of the molecule is CCOc1ccc([C@H]2C3=C(CC(C)(C)CC3=O)Nc3nc(N)[nH]c(=O)c32)cc1. The minimum atomic E-state index is -0.484. The number of Topliss-reactive ketones (excluding diaryl/α,β-unsaturated/α-hetero) is 1. The van der Waals surface area contributed by atoms with Crippen LogP contribution in [0.25, 0.3) is 0 Å². The third kappa shape index (κ3) is 3.06. The minimum absolute atomic E-state index is 0.0483. The van der Waals surface area contributed by atoms with E-state index in [2.05, 4.69) is 29.1 Å². The van der Waals surface area contributed by atoms with Crippen molar-refractivity contribution < 1.29 is 9.53 Å². The standard InChI is InChI=1S/C21H24N4O3/c1-4-28-12-7-5-11(6-8-12)15-16-13(9-21(2,3)10-14(16)26)23-18-17(15)19(27)25-20(22)24-18/h5-8,15H,4,9-10H2,1-3H3,(H4,22,23,24,25,27)/t15-/m0/s1. The molecule has 1 atom stereocenters. The third-order valence-corrected chi connectivity index (χ3v) is 5.26. The van der Waals surface area contributed by atoms with Crippen LogP contribution >= 0.6 is 0 Å². The van der Waals surface area contributed by atoms with Crippen molar-refractivity contribution in [2.24, 2.45) is 5.41 Å². The normalized spacial score (nSPS) is 20.2. The number of allylic oxidation sites excluding steroid dienone is 2. The minimum Gasteiger partial charge on any atom is -0.494 e. The predicted molar refractivity (Wildman–Crippen MR) is 107 cm³/mol. The summed E-state index contributed by atoms with van der Waals surface area (Å²) in [5.41, 5.74) is 8.01. The largest absolute Gasteiger partial charge is 0.494 e. The van der Waals surface area contributed by atoms with Crippen LogP contribution in [0.2, 0.25) is 0 Å². The van der Waals surface area contributed by atoms with E-state index in [1.165, 1.54) is 0 Å². The molecule has 0 fully saturated rings. The summed E-state index contributed by atoms with van der Waals surface area (Å²) >= 11 is 0. The molecule has 1 aliphatic heterocycles. The van der Waals surface area contributed by atoms with Crippen LogP contribution in [0.1, 0.15) is 50.7 Å². The molecule has 0 saturated heterocycles. The van der Waals surface area contributed by atoms with Gasteiger partial charge in [-0.3, -0.25) is 14.6 Å². The molecular formula is C21H24N4O3. The van der Waals surface area contributed by atoms with Gasteiger partial charge in [0.1, 0.15) is 11.6 Å². The highest BCUT2D eigenvalue weighted by atomic mass is 16.5. The van der Waals surface area contributed by atoms with Crippen LogP contribution in [0.3, 0.4) is 0 Å². The lowest BCUT2D eigenvalue weighted by Crippen LogP contribution is -2.37. The van der Waals surface area contributed by atoms with E-state index in [1.54, 1.807) is 0 Å². The number of fused-ring (bicyclic) bond motifs is 1. The van der Waals surface area contributed by atoms with Crippen molar-refractivity contribution in [1.29, 1.82) is 0 Å². The zero-order valence-electron chi connectivity index (χ0n) is 16.3. The van der Waals surface area contributed by atoms with E-state index in [0.29, 0.717) is 36.4 Å². The summed E-state index contributed by atoms with van der Waals surface area (Å²) in [5, 5.41) is 3.22. The van der Waals surface area contributed by atoms with Crippen LogP contribution in [0.5, 0.6) is 5.75 Å². The monoisotopic (exact) mass is 380 g/mol. The number of carbonyl (C=O) groups excluding carboxylic acids is 1. The van der Waals surface area contributed by atoms with Gasteiger partial charge in [0, 0.05) is 23.6 Å². The van der Waals surface area contributed by atoms with Crippen LogP contribution in [0.15, 0.2) is 40.3 Å². The smallest absolute Gasteiger partial charge is 0.258 e. The highest BCUT2D eigenvalue weighted by Crippen LogP contribution is 2.47. The first-order valence-corrected chi connectivity index (χ1v) is 9.45. The lowest BCUT2D eigenvalue weighted by atomic mass is 9.69. The number of benzene rings is 1. The molecule has 28 heavy (non-hydrogen) atoms. The van der Waals surface area contributed by atoms with Gasteiger partial charge in [-0.05, 0) is 36.5 Å².